The molecule has 1 N–H and O–H groups in total. The second-order valence-electron chi connectivity index (χ2n) is 4.15. The smallest absolute Gasteiger partial charge is 0.388 e. The van der Waals surface area contributed by atoms with E-state index in [4.69, 9.17) is 0 Å². The van der Waals surface area contributed by atoms with Crippen molar-refractivity contribution in [3.63, 3.8) is 0 Å². The van der Waals surface area contributed by atoms with E-state index < -0.39 is 18.7 Å². The van der Waals surface area contributed by atoms with Crippen molar-refractivity contribution in [2.75, 3.05) is 0 Å². The molecule has 0 aliphatic heterocycles. The van der Waals surface area contributed by atoms with Crippen LogP contribution in [0.3, 0.4) is 0 Å². The maximum atomic E-state index is 11.9. The third-order valence-corrected chi connectivity index (χ3v) is 2.56. The molecule has 0 spiro atoms. The SMILES string of the molecule is Cc1ccc(C(O)CCCC(F)(F)F)c(C)n1. The Morgan fingerprint density at radius 2 is 1.94 bits per heavy atom. The van der Waals surface area contributed by atoms with Gasteiger partial charge in [0.05, 0.1) is 6.10 Å². The molecule has 0 bridgehead atoms. The van der Waals surface area contributed by atoms with Crippen LogP contribution >= 0.6 is 0 Å². The van der Waals surface area contributed by atoms with Crippen molar-refractivity contribution in [1.82, 2.24) is 4.98 Å². The van der Waals surface area contributed by atoms with Gasteiger partial charge in [0.25, 0.3) is 0 Å². The van der Waals surface area contributed by atoms with Gasteiger partial charge in [0.2, 0.25) is 0 Å². The number of aryl methyl sites for hydroxylation is 2. The molecule has 1 rings (SSSR count). The Morgan fingerprint density at radius 3 is 2.47 bits per heavy atom. The van der Waals surface area contributed by atoms with Crippen LogP contribution in [0.5, 0.6) is 0 Å². The van der Waals surface area contributed by atoms with Gasteiger partial charge in [-0.1, -0.05) is 6.07 Å². The van der Waals surface area contributed by atoms with Crippen LogP contribution < -0.4 is 0 Å². The van der Waals surface area contributed by atoms with Crippen LogP contribution in [0.15, 0.2) is 12.1 Å². The standard InChI is InChI=1S/C12H16F3NO/c1-8-5-6-10(9(2)16-8)11(17)4-3-7-12(13,14)15/h5-6,11,17H,3-4,7H2,1-2H3. The van der Waals surface area contributed by atoms with Crippen LogP contribution in [0.4, 0.5) is 13.2 Å². The number of hydrogen-bond acceptors (Lipinski definition) is 2. The predicted octanol–water partition coefficient (Wildman–Crippen LogP) is 3.46. The summed E-state index contributed by atoms with van der Waals surface area (Å²) in [4.78, 5) is 4.17. The molecule has 1 atom stereocenters. The zero-order valence-electron chi connectivity index (χ0n) is 9.88. The highest BCUT2D eigenvalue weighted by molar-refractivity contribution is 5.23. The molecule has 0 saturated heterocycles. The summed E-state index contributed by atoms with van der Waals surface area (Å²) >= 11 is 0. The number of hydrogen-bond donors (Lipinski definition) is 1. The van der Waals surface area contributed by atoms with Crippen molar-refractivity contribution in [2.45, 2.75) is 45.4 Å². The van der Waals surface area contributed by atoms with Crippen molar-refractivity contribution in [2.24, 2.45) is 0 Å². The maximum Gasteiger partial charge on any atom is 0.389 e. The maximum absolute atomic E-state index is 11.9. The van der Waals surface area contributed by atoms with E-state index >= 15 is 0 Å². The molecule has 1 unspecified atom stereocenters. The van der Waals surface area contributed by atoms with Crippen LogP contribution in [-0.2, 0) is 0 Å². The Labute approximate surface area is 98.5 Å². The van der Waals surface area contributed by atoms with E-state index in [2.05, 4.69) is 4.98 Å². The van der Waals surface area contributed by atoms with Gasteiger partial charge in [0, 0.05) is 23.4 Å². The third kappa shape index (κ3) is 4.73. The average Bonchev–Trinajstić information content (AvgIpc) is 2.15. The average molecular weight is 247 g/mol. The molecule has 0 saturated carbocycles. The molecule has 0 aliphatic carbocycles. The predicted molar refractivity (Wildman–Crippen MR) is 58.6 cm³/mol. The van der Waals surface area contributed by atoms with Crippen LogP contribution in [0.2, 0.25) is 0 Å². The molecule has 0 aromatic carbocycles. The molecular weight excluding hydrogens is 231 g/mol. The largest absolute Gasteiger partial charge is 0.389 e. The van der Waals surface area contributed by atoms with Crippen LogP contribution in [-0.4, -0.2) is 16.3 Å². The number of nitrogens with zero attached hydrogens (tertiary/aromatic N) is 1. The first kappa shape index (κ1) is 14.0. The number of rotatable bonds is 4. The fourth-order valence-corrected chi connectivity index (χ4v) is 1.70. The zero-order valence-corrected chi connectivity index (χ0v) is 9.88. The summed E-state index contributed by atoms with van der Waals surface area (Å²) < 4.78 is 35.8. The van der Waals surface area contributed by atoms with Crippen LogP contribution in [0.25, 0.3) is 0 Å². The first-order valence-electron chi connectivity index (χ1n) is 5.48. The van der Waals surface area contributed by atoms with Crippen molar-refractivity contribution in [3.8, 4) is 0 Å². The molecule has 17 heavy (non-hydrogen) atoms. The molecule has 0 fully saturated rings. The van der Waals surface area contributed by atoms with Gasteiger partial charge >= 0.3 is 6.18 Å². The minimum Gasteiger partial charge on any atom is -0.388 e. The van der Waals surface area contributed by atoms with Crippen molar-refractivity contribution in [1.29, 1.82) is 0 Å². The van der Waals surface area contributed by atoms with Gasteiger partial charge in [-0.3, -0.25) is 4.98 Å². The van der Waals surface area contributed by atoms with Gasteiger partial charge in [-0.05, 0) is 32.8 Å². The Morgan fingerprint density at radius 1 is 1.29 bits per heavy atom. The first-order valence-corrected chi connectivity index (χ1v) is 5.48. The minimum atomic E-state index is -4.15. The van der Waals surface area contributed by atoms with Gasteiger partial charge in [0.15, 0.2) is 0 Å². The van der Waals surface area contributed by atoms with Crippen LogP contribution in [0.1, 0.15) is 42.3 Å². The molecule has 96 valence electrons. The summed E-state index contributed by atoms with van der Waals surface area (Å²) in [6, 6.07) is 3.46. The van der Waals surface area contributed by atoms with E-state index in [9.17, 15) is 18.3 Å². The van der Waals surface area contributed by atoms with Gasteiger partial charge in [-0.2, -0.15) is 13.2 Å². The lowest BCUT2D eigenvalue weighted by Gasteiger charge is -2.14. The molecule has 2 nitrogen and oxygen atoms in total. The van der Waals surface area contributed by atoms with Crippen molar-refractivity contribution in [3.05, 3.63) is 29.1 Å². The fourth-order valence-electron chi connectivity index (χ4n) is 1.70. The zero-order chi connectivity index (χ0) is 13.1. The molecule has 0 amide bonds. The normalized spacial score (nSPS) is 13.8. The second kappa shape index (κ2) is 5.49. The van der Waals surface area contributed by atoms with E-state index in [-0.39, 0.29) is 12.8 Å². The van der Waals surface area contributed by atoms with E-state index in [1.807, 2.05) is 6.92 Å². The molecule has 0 radical (unpaired) electrons. The molecular formula is C12H16F3NO. The Hall–Kier alpha value is -1.10. The van der Waals surface area contributed by atoms with Crippen LogP contribution in [0, 0.1) is 13.8 Å². The first-order chi connectivity index (χ1) is 7.79. The Balaban J connectivity index is 2.55. The summed E-state index contributed by atoms with van der Waals surface area (Å²) in [5.74, 6) is 0. The number of aliphatic hydroxyl groups is 1. The van der Waals surface area contributed by atoms with Gasteiger partial charge in [0.1, 0.15) is 0 Å². The second-order valence-corrected chi connectivity index (χ2v) is 4.15. The number of aromatic nitrogens is 1. The van der Waals surface area contributed by atoms with E-state index in [1.165, 1.54) is 0 Å². The van der Waals surface area contributed by atoms with E-state index in [0.717, 1.165) is 5.69 Å². The fraction of sp³-hybridized carbons (Fsp3) is 0.583. The highest BCUT2D eigenvalue weighted by Crippen LogP contribution is 2.27. The lowest BCUT2D eigenvalue weighted by molar-refractivity contribution is -0.136. The lowest BCUT2D eigenvalue weighted by Crippen LogP contribution is -2.09. The number of alkyl halides is 3. The topological polar surface area (TPSA) is 33.1 Å². The Kier molecular flexibility index (Phi) is 4.51. The van der Waals surface area contributed by atoms with Gasteiger partial charge in [-0.25, -0.2) is 0 Å². The van der Waals surface area contributed by atoms with E-state index in [1.54, 1.807) is 19.1 Å². The summed E-state index contributed by atoms with van der Waals surface area (Å²) in [6.07, 6.45) is -5.85. The molecule has 5 heteroatoms. The number of aliphatic hydroxyl groups excluding tert-OH is 1. The summed E-state index contributed by atoms with van der Waals surface area (Å²) in [7, 11) is 0. The number of pyridine rings is 1. The monoisotopic (exact) mass is 247 g/mol. The lowest BCUT2D eigenvalue weighted by atomic mass is 10.0. The van der Waals surface area contributed by atoms with Crippen molar-refractivity contribution >= 4 is 0 Å². The minimum absolute atomic E-state index is 0.0714. The Bertz CT molecular complexity index is 377. The highest BCUT2D eigenvalue weighted by Gasteiger charge is 2.26. The summed E-state index contributed by atoms with van der Waals surface area (Å²) in [5, 5.41) is 9.78. The molecule has 0 aliphatic rings. The highest BCUT2D eigenvalue weighted by atomic mass is 19.4. The molecule has 1 aromatic heterocycles. The summed E-state index contributed by atoms with van der Waals surface area (Å²) in [5.41, 5.74) is 2.11. The summed E-state index contributed by atoms with van der Waals surface area (Å²) in [6.45, 7) is 3.57. The van der Waals surface area contributed by atoms with Gasteiger partial charge < -0.3 is 5.11 Å². The molecule has 1 heterocycles. The third-order valence-electron chi connectivity index (χ3n) is 2.56. The number of halogens is 3. The van der Waals surface area contributed by atoms with Crippen molar-refractivity contribution < 1.29 is 18.3 Å². The quantitative estimate of drug-likeness (QED) is 0.883. The van der Waals surface area contributed by atoms with E-state index in [0.29, 0.717) is 11.3 Å². The molecule has 1 aromatic rings. The van der Waals surface area contributed by atoms with Gasteiger partial charge in [-0.15, -0.1) is 0 Å².